The molecule has 0 aromatic heterocycles. The first-order valence-corrected chi connectivity index (χ1v) is 5.27. The third kappa shape index (κ3) is 5.74. The maximum absolute atomic E-state index is 11.6. The number of aliphatic hydroxyl groups is 1. The second-order valence-corrected chi connectivity index (χ2v) is 4.74. The van der Waals surface area contributed by atoms with E-state index in [4.69, 9.17) is 9.84 Å². The van der Waals surface area contributed by atoms with Crippen LogP contribution in [-0.2, 0) is 9.53 Å². The third-order valence-corrected chi connectivity index (χ3v) is 2.49. The number of carbonyl (C=O) groups is 1. The fourth-order valence-electron chi connectivity index (χ4n) is 1.14. The summed E-state index contributed by atoms with van der Waals surface area (Å²) in [6.45, 7) is 7.61. The van der Waals surface area contributed by atoms with E-state index in [1.807, 2.05) is 27.7 Å². The Morgan fingerprint density at radius 1 is 1.47 bits per heavy atom. The molecular weight excluding hydrogens is 194 g/mol. The Labute approximate surface area is 92.0 Å². The highest BCUT2D eigenvalue weighted by Crippen LogP contribution is 2.13. The monoisotopic (exact) mass is 217 g/mol. The number of methoxy groups -OCH3 is 1. The van der Waals surface area contributed by atoms with E-state index in [1.165, 1.54) is 0 Å². The maximum atomic E-state index is 11.6. The van der Waals surface area contributed by atoms with Crippen LogP contribution >= 0.6 is 0 Å². The lowest BCUT2D eigenvalue weighted by atomic mass is 10.0. The van der Waals surface area contributed by atoms with E-state index in [1.54, 1.807) is 7.11 Å². The van der Waals surface area contributed by atoms with Crippen molar-refractivity contribution in [1.82, 2.24) is 5.32 Å². The van der Waals surface area contributed by atoms with Crippen molar-refractivity contribution in [1.29, 1.82) is 0 Å². The van der Waals surface area contributed by atoms with E-state index < -0.39 is 5.60 Å². The van der Waals surface area contributed by atoms with Crippen molar-refractivity contribution in [3.8, 4) is 0 Å². The fourth-order valence-corrected chi connectivity index (χ4v) is 1.14. The average Bonchev–Trinajstić information content (AvgIpc) is 2.13. The largest absolute Gasteiger partial charge is 0.394 e. The van der Waals surface area contributed by atoms with Gasteiger partial charge in [0.05, 0.1) is 24.7 Å². The summed E-state index contributed by atoms with van der Waals surface area (Å²) in [5, 5.41) is 11.8. The van der Waals surface area contributed by atoms with Gasteiger partial charge in [-0.05, 0) is 19.8 Å². The SMILES string of the molecule is COC(C)(C)CC(=O)NC(CO)C(C)C. The number of aliphatic hydroxyl groups excluding tert-OH is 1. The van der Waals surface area contributed by atoms with Crippen LogP contribution in [0, 0.1) is 5.92 Å². The van der Waals surface area contributed by atoms with E-state index in [0.29, 0.717) is 6.42 Å². The molecule has 0 aromatic rings. The normalized spacial score (nSPS) is 14.1. The first kappa shape index (κ1) is 14.4. The topological polar surface area (TPSA) is 58.6 Å². The molecule has 0 aromatic carbocycles. The van der Waals surface area contributed by atoms with E-state index >= 15 is 0 Å². The van der Waals surface area contributed by atoms with Crippen molar-refractivity contribution in [3.05, 3.63) is 0 Å². The minimum atomic E-state index is -0.457. The highest BCUT2D eigenvalue weighted by molar-refractivity contribution is 5.77. The Balaban J connectivity index is 4.13. The van der Waals surface area contributed by atoms with E-state index in [-0.39, 0.29) is 24.5 Å². The summed E-state index contributed by atoms with van der Waals surface area (Å²) >= 11 is 0. The van der Waals surface area contributed by atoms with Gasteiger partial charge in [-0.25, -0.2) is 0 Å². The van der Waals surface area contributed by atoms with Gasteiger partial charge in [0.2, 0.25) is 5.91 Å². The predicted molar refractivity (Wildman–Crippen MR) is 59.6 cm³/mol. The van der Waals surface area contributed by atoms with Gasteiger partial charge in [0, 0.05) is 7.11 Å². The molecule has 0 heterocycles. The third-order valence-electron chi connectivity index (χ3n) is 2.49. The summed E-state index contributed by atoms with van der Waals surface area (Å²) in [5.41, 5.74) is -0.457. The predicted octanol–water partition coefficient (Wildman–Crippen LogP) is 0.935. The van der Waals surface area contributed by atoms with Gasteiger partial charge in [-0.2, -0.15) is 0 Å². The average molecular weight is 217 g/mol. The van der Waals surface area contributed by atoms with Crippen LogP contribution < -0.4 is 5.32 Å². The van der Waals surface area contributed by atoms with Gasteiger partial charge in [0.1, 0.15) is 0 Å². The fraction of sp³-hybridized carbons (Fsp3) is 0.909. The summed E-state index contributed by atoms with van der Waals surface area (Å²) in [7, 11) is 1.58. The van der Waals surface area contributed by atoms with Gasteiger partial charge in [-0.1, -0.05) is 13.8 Å². The van der Waals surface area contributed by atoms with Crippen LogP contribution in [-0.4, -0.2) is 36.4 Å². The Morgan fingerprint density at radius 3 is 2.33 bits per heavy atom. The summed E-state index contributed by atoms with van der Waals surface area (Å²) in [4.78, 5) is 11.6. The number of ether oxygens (including phenoxy) is 1. The first-order valence-electron chi connectivity index (χ1n) is 5.27. The van der Waals surface area contributed by atoms with E-state index in [9.17, 15) is 4.79 Å². The number of nitrogens with one attached hydrogen (secondary N) is 1. The molecule has 15 heavy (non-hydrogen) atoms. The number of hydrogen-bond donors (Lipinski definition) is 2. The molecule has 2 N–H and O–H groups in total. The van der Waals surface area contributed by atoms with Crippen molar-refractivity contribution in [2.24, 2.45) is 5.92 Å². The molecule has 4 nitrogen and oxygen atoms in total. The molecule has 1 atom stereocenters. The number of amides is 1. The van der Waals surface area contributed by atoms with Crippen molar-refractivity contribution in [3.63, 3.8) is 0 Å². The maximum Gasteiger partial charge on any atom is 0.223 e. The van der Waals surface area contributed by atoms with Crippen LogP contribution in [0.4, 0.5) is 0 Å². The van der Waals surface area contributed by atoms with Gasteiger partial charge in [0.25, 0.3) is 0 Å². The highest BCUT2D eigenvalue weighted by atomic mass is 16.5. The molecule has 0 aliphatic heterocycles. The van der Waals surface area contributed by atoms with Crippen LogP contribution in [0.25, 0.3) is 0 Å². The van der Waals surface area contributed by atoms with Crippen molar-refractivity contribution in [2.75, 3.05) is 13.7 Å². The highest BCUT2D eigenvalue weighted by Gasteiger charge is 2.23. The van der Waals surface area contributed by atoms with Gasteiger partial charge in [-0.15, -0.1) is 0 Å². The van der Waals surface area contributed by atoms with Crippen molar-refractivity contribution >= 4 is 5.91 Å². The van der Waals surface area contributed by atoms with Crippen molar-refractivity contribution < 1.29 is 14.6 Å². The summed E-state index contributed by atoms with van der Waals surface area (Å²) in [5.74, 6) is 0.138. The summed E-state index contributed by atoms with van der Waals surface area (Å²) in [6.07, 6.45) is 0.298. The van der Waals surface area contributed by atoms with Crippen LogP contribution in [0.3, 0.4) is 0 Å². The van der Waals surface area contributed by atoms with Crippen LogP contribution in [0.2, 0.25) is 0 Å². The zero-order valence-corrected chi connectivity index (χ0v) is 10.3. The second-order valence-electron chi connectivity index (χ2n) is 4.74. The summed E-state index contributed by atoms with van der Waals surface area (Å²) in [6, 6.07) is -0.176. The zero-order chi connectivity index (χ0) is 12.1. The standard InChI is InChI=1S/C11H23NO3/c1-8(2)9(7-13)12-10(14)6-11(3,4)15-5/h8-9,13H,6-7H2,1-5H3,(H,12,14). The van der Waals surface area contributed by atoms with Gasteiger partial charge in [0.15, 0.2) is 0 Å². The van der Waals surface area contributed by atoms with Crippen molar-refractivity contribution in [2.45, 2.75) is 45.8 Å². The molecule has 1 unspecified atom stereocenters. The molecule has 0 rings (SSSR count). The molecule has 0 radical (unpaired) electrons. The minimum Gasteiger partial charge on any atom is -0.394 e. The van der Waals surface area contributed by atoms with Crippen LogP contribution in [0.15, 0.2) is 0 Å². The van der Waals surface area contributed by atoms with Gasteiger partial charge >= 0.3 is 0 Å². The molecule has 90 valence electrons. The smallest absolute Gasteiger partial charge is 0.223 e. The Hall–Kier alpha value is -0.610. The quantitative estimate of drug-likeness (QED) is 0.696. The Bertz CT molecular complexity index is 202. The Morgan fingerprint density at radius 2 is 2.00 bits per heavy atom. The minimum absolute atomic E-state index is 0.0309. The van der Waals surface area contributed by atoms with Crippen LogP contribution in [0.5, 0.6) is 0 Å². The number of hydrogen-bond acceptors (Lipinski definition) is 3. The molecule has 0 aliphatic rings. The molecule has 0 aliphatic carbocycles. The second kappa shape index (κ2) is 6.08. The number of carbonyl (C=O) groups excluding carboxylic acids is 1. The van der Waals surface area contributed by atoms with Crippen LogP contribution in [0.1, 0.15) is 34.1 Å². The molecule has 1 amide bonds. The zero-order valence-electron chi connectivity index (χ0n) is 10.3. The van der Waals surface area contributed by atoms with E-state index in [0.717, 1.165) is 0 Å². The molecule has 0 fully saturated rings. The van der Waals surface area contributed by atoms with Gasteiger partial charge in [-0.3, -0.25) is 4.79 Å². The first-order chi connectivity index (χ1) is 6.82. The molecule has 0 saturated heterocycles. The van der Waals surface area contributed by atoms with Gasteiger partial charge < -0.3 is 15.2 Å². The molecular formula is C11H23NO3. The van der Waals surface area contributed by atoms with E-state index in [2.05, 4.69) is 5.32 Å². The number of rotatable bonds is 6. The Kier molecular flexibility index (Phi) is 5.83. The lowest BCUT2D eigenvalue weighted by Crippen LogP contribution is -2.43. The molecule has 4 heteroatoms. The molecule has 0 saturated carbocycles. The lowest BCUT2D eigenvalue weighted by Gasteiger charge is -2.25. The molecule has 0 spiro atoms. The lowest BCUT2D eigenvalue weighted by molar-refractivity contribution is -0.127. The summed E-state index contributed by atoms with van der Waals surface area (Å²) < 4.78 is 5.16. The molecule has 0 bridgehead atoms.